The van der Waals surface area contributed by atoms with Crippen molar-refractivity contribution in [3.05, 3.63) is 29.3 Å². The van der Waals surface area contributed by atoms with Crippen LogP contribution in [0.1, 0.15) is 30.4 Å². The van der Waals surface area contributed by atoms with Gasteiger partial charge in [-0.15, -0.1) is 0 Å². The molecule has 1 rings (SSSR count). The zero-order valence-corrected chi connectivity index (χ0v) is 10.1. The number of aliphatic hydroxyl groups excluding tert-OH is 1. The first kappa shape index (κ1) is 13.5. The van der Waals surface area contributed by atoms with Gasteiger partial charge in [0.1, 0.15) is 5.75 Å². The maximum Gasteiger partial charge on any atom is 0.310 e. The van der Waals surface area contributed by atoms with Gasteiger partial charge >= 0.3 is 5.97 Å². The van der Waals surface area contributed by atoms with Crippen LogP contribution in [0.25, 0.3) is 0 Å². The van der Waals surface area contributed by atoms with Crippen molar-refractivity contribution in [1.29, 1.82) is 0 Å². The van der Waals surface area contributed by atoms with E-state index in [1.807, 2.05) is 6.07 Å². The number of aryl methyl sites for hydroxylation is 1. The number of rotatable bonds is 6. The molecule has 0 amide bonds. The average molecular weight is 238 g/mol. The number of aliphatic hydroxyl groups is 1. The quantitative estimate of drug-likeness (QED) is 0.793. The topological polar surface area (TPSA) is 66.8 Å². The zero-order chi connectivity index (χ0) is 12.8. The first-order valence-corrected chi connectivity index (χ1v) is 5.60. The smallest absolute Gasteiger partial charge is 0.310 e. The molecule has 0 heterocycles. The van der Waals surface area contributed by atoms with E-state index >= 15 is 0 Å². The third-order valence-corrected chi connectivity index (χ3v) is 2.79. The lowest BCUT2D eigenvalue weighted by Crippen LogP contribution is -2.10. The van der Waals surface area contributed by atoms with Gasteiger partial charge < -0.3 is 14.9 Å². The molecular formula is C13H18O4. The monoisotopic (exact) mass is 238 g/mol. The molecule has 1 aromatic carbocycles. The Balaban J connectivity index is 3.05. The Bertz CT molecular complexity index is 387. The second-order valence-corrected chi connectivity index (χ2v) is 3.95. The van der Waals surface area contributed by atoms with E-state index in [1.54, 1.807) is 26.2 Å². The summed E-state index contributed by atoms with van der Waals surface area (Å²) in [5, 5.41) is 17.9. The highest BCUT2D eigenvalue weighted by Gasteiger charge is 2.17. The molecule has 0 saturated heterocycles. The van der Waals surface area contributed by atoms with Gasteiger partial charge in [-0.3, -0.25) is 4.79 Å². The number of hydrogen-bond donors (Lipinski definition) is 2. The molecule has 1 unspecified atom stereocenters. The Hall–Kier alpha value is -1.55. The Morgan fingerprint density at radius 1 is 1.47 bits per heavy atom. The Morgan fingerprint density at radius 3 is 2.71 bits per heavy atom. The minimum absolute atomic E-state index is 0.0953. The molecular weight excluding hydrogens is 220 g/mol. The minimum atomic E-state index is -0.847. The Labute approximate surface area is 101 Å². The normalized spacial score (nSPS) is 12.2. The number of carboxylic acid groups (broad SMARTS) is 1. The van der Waals surface area contributed by atoms with Gasteiger partial charge in [0, 0.05) is 6.61 Å². The molecule has 0 saturated carbocycles. The first-order valence-electron chi connectivity index (χ1n) is 5.60. The number of hydrogen-bond acceptors (Lipinski definition) is 3. The Morgan fingerprint density at radius 2 is 2.18 bits per heavy atom. The molecule has 4 heteroatoms. The summed E-state index contributed by atoms with van der Waals surface area (Å²) >= 11 is 0. The van der Waals surface area contributed by atoms with Crippen molar-refractivity contribution in [2.45, 2.75) is 25.7 Å². The highest BCUT2D eigenvalue weighted by atomic mass is 16.5. The summed E-state index contributed by atoms with van der Waals surface area (Å²) in [6.45, 7) is 1.75. The molecule has 2 N–H and O–H groups in total. The maximum atomic E-state index is 11.0. The molecule has 17 heavy (non-hydrogen) atoms. The average Bonchev–Trinajstić information content (AvgIpc) is 2.34. The van der Waals surface area contributed by atoms with Crippen molar-refractivity contribution in [2.75, 3.05) is 13.7 Å². The summed E-state index contributed by atoms with van der Waals surface area (Å²) < 4.78 is 5.12. The lowest BCUT2D eigenvalue weighted by Gasteiger charge is -2.14. The fourth-order valence-corrected chi connectivity index (χ4v) is 1.75. The van der Waals surface area contributed by atoms with Gasteiger partial charge in [0.05, 0.1) is 13.0 Å². The van der Waals surface area contributed by atoms with Crippen LogP contribution in [0.2, 0.25) is 0 Å². The van der Waals surface area contributed by atoms with Crippen LogP contribution in [0.5, 0.6) is 5.75 Å². The van der Waals surface area contributed by atoms with Crippen LogP contribution in [0.4, 0.5) is 0 Å². The maximum absolute atomic E-state index is 11.0. The summed E-state index contributed by atoms with van der Waals surface area (Å²) in [7, 11) is 1.57. The van der Waals surface area contributed by atoms with E-state index in [9.17, 15) is 4.79 Å². The van der Waals surface area contributed by atoms with Crippen LogP contribution in [-0.4, -0.2) is 29.9 Å². The first-order chi connectivity index (χ1) is 8.10. The van der Waals surface area contributed by atoms with Crippen molar-refractivity contribution in [3.8, 4) is 5.75 Å². The molecule has 0 aliphatic carbocycles. The second-order valence-electron chi connectivity index (χ2n) is 3.95. The van der Waals surface area contributed by atoms with Gasteiger partial charge in [0.2, 0.25) is 0 Å². The zero-order valence-electron chi connectivity index (χ0n) is 10.1. The number of benzene rings is 1. The van der Waals surface area contributed by atoms with Crippen molar-refractivity contribution in [1.82, 2.24) is 0 Å². The number of ether oxygens (including phenoxy) is 1. The third-order valence-electron chi connectivity index (χ3n) is 2.79. The van der Waals surface area contributed by atoms with Crippen molar-refractivity contribution >= 4 is 5.97 Å². The van der Waals surface area contributed by atoms with Crippen LogP contribution in [0, 0.1) is 0 Å². The van der Waals surface area contributed by atoms with Crippen LogP contribution in [0.3, 0.4) is 0 Å². The molecule has 0 radical (unpaired) electrons. The number of carboxylic acids is 1. The van der Waals surface area contributed by atoms with Crippen molar-refractivity contribution < 1.29 is 19.7 Å². The molecule has 0 fully saturated rings. The standard InChI is InChI=1S/C13H18O4/c1-9(13(15)16)12-6-5-11(17-2)8-10(12)4-3-7-14/h5-6,8-9,14H,3-4,7H2,1-2H3,(H,15,16). The molecule has 4 nitrogen and oxygen atoms in total. The van der Waals surface area contributed by atoms with E-state index in [0.29, 0.717) is 18.6 Å². The van der Waals surface area contributed by atoms with Crippen LogP contribution >= 0.6 is 0 Å². The highest BCUT2D eigenvalue weighted by molar-refractivity contribution is 5.76. The van der Waals surface area contributed by atoms with Crippen molar-refractivity contribution in [3.63, 3.8) is 0 Å². The van der Waals surface area contributed by atoms with Gasteiger partial charge in [-0.2, -0.15) is 0 Å². The molecule has 0 bridgehead atoms. The molecule has 94 valence electrons. The summed E-state index contributed by atoms with van der Waals surface area (Å²) in [5.74, 6) is -0.686. The van der Waals surface area contributed by atoms with E-state index in [1.165, 1.54) is 0 Å². The number of aliphatic carboxylic acids is 1. The van der Waals surface area contributed by atoms with E-state index in [0.717, 1.165) is 11.1 Å². The molecule has 0 aliphatic heterocycles. The van der Waals surface area contributed by atoms with Gasteiger partial charge in [0.25, 0.3) is 0 Å². The lowest BCUT2D eigenvalue weighted by atomic mass is 9.93. The largest absolute Gasteiger partial charge is 0.497 e. The summed E-state index contributed by atoms with van der Waals surface area (Å²) in [4.78, 5) is 11.0. The third kappa shape index (κ3) is 3.46. The van der Waals surface area contributed by atoms with Gasteiger partial charge in [-0.1, -0.05) is 6.07 Å². The summed E-state index contributed by atoms with van der Waals surface area (Å²) in [6, 6.07) is 5.38. The van der Waals surface area contributed by atoms with E-state index in [4.69, 9.17) is 14.9 Å². The SMILES string of the molecule is COc1ccc(C(C)C(=O)O)c(CCCO)c1. The van der Waals surface area contributed by atoms with Crippen molar-refractivity contribution in [2.24, 2.45) is 0 Å². The second kappa shape index (κ2) is 6.25. The van der Waals surface area contributed by atoms with E-state index < -0.39 is 11.9 Å². The number of methoxy groups -OCH3 is 1. The van der Waals surface area contributed by atoms with Gasteiger partial charge in [-0.25, -0.2) is 0 Å². The fraction of sp³-hybridized carbons (Fsp3) is 0.462. The van der Waals surface area contributed by atoms with Gasteiger partial charge in [0.15, 0.2) is 0 Å². The molecule has 0 aromatic heterocycles. The van der Waals surface area contributed by atoms with Crippen LogP contribution in [0.15, 0.2) is 18.2 Å². The van der Waals surface area contributed by atoms with E-state index in [-0.39, 0.29) is 6.61 Å². The fourth-order valence-electron chi connectivity index (χ4n) is 1.75. The summed E-state index contributed by atoms with van der Waals surface area (Å²) in [6.07, 6.45) is 1.27. The highest BCUT2D eigenvalue weighted by Crippen LogP contribution is 2.25. The van der Waals surface area contributed by atoms with Crippen LogP contribution in [-0.2, 0) is 11.2 Å². The predicted molar refractivity (Wildman–Crippen MR) is 64.5 cm³/mol. The molecule has 0 aliphatic rings. The van der Waals surface area contributed by atoms with E-state index in [2.05, 4.69) is 0 Å². The lowest BCUT2D eigenvalue weighted by molar-refractivity contribution is -0.138. The summed E-state index contributed by atoms with van der Waals surface area (Å²) in [5.41, 5.74) is 1.71. The number of carbonyl (C=O) groups is 1. The molecule has 0 spiro atoms. The van der Waals surface area contributed by atoms with Crippen LogP contribution < -0.4 is 4.74 Å². The molecule has 1 aromatic rings. The Kier molecular flexibility index (Phi) is 4.97. The minimum Gasteiger partial charge on any atom is -0.497 e. The predicted octanol–water partition coefficient (Wildman–Crippen LogP) is 1.81. The van der Waals surface area contributed by atoms with Gasteiger partial charge in [-0.05, 0) is 43.0 Å². The molecule has 1 atom stereocenters.